The number of fused-ring (bicyclic) bond motifs is 14. The highest BCUT2D eigenvalue weighted by Crippen LogP contribution is 2.59. The maximum atomic E-state index is 13.5. The van der Waals surface area contributed by atoms with E-state index in [9.17, 15) is 14.7 Å². The summed E-state index contributed by atoms with van der Waals surface area (Å²) in [5.41, 5.74) is 9.49. The third-order valence-electron chi connectivity index (χ3n) is 14.5. The number of rotatable bonds is 5. The SMILES string of the molecule is COC(=O)C1=CN2CCc3c([nH]c4ccc(OC)cc34)[C@@H]2[C@@H]2[C@@H](C)[C@@H](OC3CN4C=C(C(=O)OC)[C@H]5C[C@H](O)[C@H](C)[C@H]5[C@H]4c4[nH]c5c(C)cccc5c43)C[C@H]12. The minimum atomic E-state index is -0.509. The number of esters is 2. The van der Waals surface area contributed by atoms with Crippen LogP contribution in [0.1, 0.15) is 73.0 Å². The largest absolute Gasteiger partial charge is 0.497 e. The summed E-state index contributed by atoms with van der Waals surface area (Å²) < 4.78 is 23.8. The van der Waals surface area contributed by atoms with E-state index < -0.39 is 6.10 Å². The summed E-state index contributed by atoms with van der Waals surface area (Å²) in [4.78, 5) is 39.1. The smallest absolute Gasteiger partial charge is 0.335 e. The topological polar surface area (TPSA) is 129 Å². The number of hydrogen-bond acceptors (Lipinski definition) is 9. The summed E-state index contributed by atoms with van der Waals surface area (Å²) in [5.74, 6) is 0.268. The van der Waals surface area contributed by atoms with Crippen LogP contribution in [-0.4, -0.2) is 83.4 Å². The fourth-order valence-electron chi connectivity index (χ4n) is 12.0. The van der Waals surface area contributed by atoms with E-state index in [1.807, 2.05) is 12.3 Å². The second-order valence-corrected chi connectivity index (χ2v) is 16.9. The maximum Gasteiger partial charge on any atom is 0.335 e. The molecule has 288 valence electrons. The molecule has 6 aliphatic rings. The Bertz CT molecular complexity index is 2300. The average molecular weight is 747 g/mol. The van der Waals surface area contributed by atoms with E-state index in [4.69, 9.17) is 18.9 Å². The van der Waals surface area contributed by atoms with Crippen molar-refractivity contribution >= 4 is 33.7 Å². The van der Waals surface area contributed by atoms with Gasteiger partial charge in [-0.1, -0.05) is 32.0 Å². The van der Waals surface area contributed by atoms with Gasteiger partial charge in [-0.2, -0.15) is 0 Å². The number of aromatic nitrogens is 2. The van der Waals surface area contributed by atoms with E-state index >= 15 is 0 Å². The Hall–Kier alpha value is -4.74. The fraction of sp³-hybridized carbons (Fsp3) is 0.500. The van der Waals surface area contributed by atoms with Crippen LogP contribution in [0.5, 0.6) is 5.75 Å². The van der Waals surface area contributed by atoms with Crippen LogP contribution in [0.2, 0.25) is 0 Å². The number of aromatic amines is 2. The van der Waals surface area contributed by atoms with Crippen molar-refractivity contribution in [3.63, 3.8) is 0 Å². The van der Waals surface area contributed by atoms with Gasteiger partial charge in [-0.25, -0.2) is 9.59 Å². The third-order valence-corrected chi connectivity index (χ3v) is 14.5. The van der Waals surface area contributed by atoms with Crippen LogP contribution in [-0.2, 0) is 30.2 Å². The number of aliphatic hydroxyl groups is 1. The van der Waals surface area contributed by atoms with Crippen molar-refractivity contribution in [2.75, 3.05) is 34.4 Å². The van der Waals surface area contributed by atoms with Crippen molar-refractivity contribution in [2.24, 2.45) is 35.5 Å². The molecule has 4 aromatic rings. The zero-order valence-corrected chi connectivity index (χ0v) is 32.3. The van der Waals surface area contributed by atoms with Gasteiger partial charge in [0, 0.05) is 76.1 Å². The van der Waals surface area contributed by atoms with E-state index in [0.717, 1.165) is 52.0 Å². The number of para-hydroxylation sites is 1. The molecule has 2 fully saturated rings. The molecule has 11 heteroatoms. The Labute approximate surface area is 320 Å². The predicted molar refractivity (Wildman–Crippen MR) is 206 cm³/mol. The van der Waals surface area contributed by atoms with Crippen LogP contribution in [0, 0.1) is 42.4 Å². The predicted octanol–water partition coefficient (Wildman–Crippen LogP) is 6.39. The van der Waals surface area contributed by atoms with Gasteiger partial charge in [0.05, 0.1) is 56.8 Å². The molecule has 6 heterocycles. The molecule has 11 atom stereocenters. The molecule has 2 aromatic carbocycles. The highest BCUT2D eigenvalue weighted by atomic mass is 16.5. The number of aliphatic hydroxyl groups excluding tert-OH is 1. The molecule has 2 saturated carbocycles. The van der Waals surface area contributed by atoms with Crippen molar-refractivity contribution in [3.05, 3.63) is 88.0 Å². The Kier molecular flexibility index (Phi) is 7.98. The lowest BCUT2D eigenvalue weighted by molar-refractivity contribution is -0.138. The van der Waals surface area contributed by atoms with Crippen molar-refractivity contribution in [1.82, 2.24) is 19.8 Å². The number of benzene rings is 2. The molecule has 1 unspecified atom stereocenters. The maximum absolute atomic E-state index is 13.5. The molecular weight excluding hydrogens is 697 g/mol. The summed E-state index contributed by atoms with van der Waals surface area (Å²) in [6.07, 6.45) is 5.15. The molecule has 2 aliphatic carbocycles. The van der Waals surface area contributed by atoms with Crippen molar-refractivity contribution in [3.8, 4) is 5.75 Å². The first kappa shape index (κ1) is 34.7. The molecule has 10 rings (SSSR count). The van der Waals surface area contributed by atoms with Crippen LogP contribution in [0.15, 0.2) is 59.9 Å². The summed E-state index contributed by atoms with van der Waals surface area (Å²) in [6, 6.07) is 12.7. The van der Waals surface area contributed by atoms with Crippen LogP contribution in [0.4, 0.5) is 0 Å². The number of nitrogens with one attached hydrogen (secondary N) is 2. The van der Waals surface area contributed by atoms with Crippen LogP contribution in [0.25, 0.3) is 21.8 Å². The molecule has 55 heavy (non-hydrogen) atoms. The van der Waals surface area contributed by atoms with Gasteiger partial charge in [0.1, 0.15) is 11.9 Å². The average Bonchev–Trinajstić information content (AvgIpc) is 3.94. The van der Waals surface area contributed by atoms with Gasteiger partial charge >= 0.3 is 11.9 Å². The molecule has 4 aliphatic heterocycles. The Morgan fingerprint density at radius 3 is 2.29 bits per heavy atom. The van der Waals surface area contributed by atoms with Crippen molar-refractivity contribution in [2.45, 2.75) is 70.4 Å². The number of H-pyrrole nitrogens is 2. The molecule has 0 amide bonds. The minimum Gasteiger partial charge on any atom is -0.497 e. The summed E-state index contributed by atoms with van der Waals surface area (Å²) in [6.45, 7) is 7.88. The quantitative estimate of drug-likeness (QED) is 0.199. The summed E-state index contributed by atoms with van der Waals surface area (Å²) >= 11 is 0. The van der Waals surface area contributed by atoms with E-state index in [1.165, 1.54) is 36.4 Å². The lowest BCUT2D eigenvalue weighted by Gasteiger charge is -2.48. The zero-order chi connectivity index (χ0) is 38.0. The Balaban J connectivity index is 1.06. The summed E-state index contributed by atoms with van der Waals surface area (Å²) in [7, 11) is 4.61. The molecule has 0 spiro atoms. The van der Waals surface area contributed by atoms with E-state index in [-0.39, 0.29) is 71.7 Å². The van der Waals surface area contributed by atoms with Crippen molar-refractivity contribution < 1.29 is 33.6 Å². The lowest BCUT2D eigenvalue weighted by Crippen LogP contribution is -2.46. The fourth-order valence-corrected chi connectivity index (χ4v) is 12.0. The molecule has 0 saturated heterocycles. The molecule has 2 aromatic heterocycles. The van der Waals surface area contributed by atoms with Gasteiger partial charge in [0.15, 0.2) is 0 Å². The molecule has 3 N–H and O–H groups in total. The highest BCUT2D eigenvalue weighted by molar-refractivity contribution is 5.91. The van der Waals surface area contributed by atoms with E-state index in [1.54, 1.807) is 7.11 Å². The molecule has 11 nitrogen and oxygen atoms in total. The Morgan fingerprint density at radius 2 is 1.55 bits per heavy atom. The lowest BCUT2D eigenvalue weighted by atomic mass is 9.73. The van der Waals surface area contributed by atoms with Gasteiger partial charge in [0.25, 0.3) is 0 Å². The van der Waals surface area contributed by atoms with Gasteiger partial charge in [0.2, 0.25) is 0 Å². The summed E-state index contributed by atoms with van der Waals surface area (Å²) in [5, 5.41) is 13.5. The second-order valence-electron chi connectivity index (χ2n) is 16.9. The normalized spacial score (nSPS) is 33.2. The van der Waals surface area contributed by atoms with Gasteiger partial charge in [-0.3, -0.25) is 0 Å². The molecule has 0 bridgehead atoms. The number of nitrogens with zero attached hydrogens (tertiary/aromatic N) is 2. The number of hydrogen-bond donors (Lipinski definition) is 3. The molecular formula is C44H50N4O7. The molecule has 0 radical (unpaired) electrons. The van der Waals surface area contributed by atoms with Gasteiger partial charge < -0.3 is 43.8 Å². The number of aryl methyl sites for hydroxylation is 1. The minimum absolute atomic E-state index is 0.0146. The van der Waals surface area contributed by atoms with Crippen LogP contribution >= 0.6 is 0 Å². The number of methoxy groups -OCH3 is 3. The van der Waals surface area contributed by atoms with E-state index in [2.05, 4.69) is 77.1 Å². The number of carbonyl (C=O) groups is 2. The van der Waals surface area contributed by atoms with E-state index in [0.29, 0.717) is 25.0 Å². The van der Waals surface area contributed by atoms with Gasteiger partial charge in [-0.05, 0) is 79.2 Å². The van der Waals surface area contributed by atoms with Crippen molar-refractivity contribution in [1.29, 1.82) is 0 Å². The standard InChI is InChI=1S/C44H50N4O7/c1-20-8-7-9-25-37-34(19-48-18-30(44(51)54-6)27-15-32(49)21(2)35(27)42(48)40(37)46-38(20)25)55-33-16-28-29(43(50)53-5)17-47-13-12-24-26-14-23(52-4)10-11-31(26)45-39(24)41(47)36(28)22(33)3/h7-11,14,17-18,21-22,27-28,32-36,41-42,45-46,49H,12-13,15-16,19H2,1-6H3/t21-,22-,27+,28+,32-,33-,34?,35+,36+,41-,42-/m0/s1. The monoisotopic (exact) mass is 746 g/mol. The Morgan fingerprint density at radius 1 is 0.836 bits per heavy atom. The first-order valence-corrected chi connectivity index (χ1v) is 19.9. The number of ether oxygens (including phenoxy) is 4. The third kappa shape index (κ3) is 4.94. The number of carbonyl (C=O) groups excluding carboxylic acids is 2. The first-order chi connectivity index (χ1) is 26.6. The first-order valence-electron chi connectivity index (χ1n) is 19.9. The van der Waals surface area contributed by atoms with Crippen LogP contribution < -0.4 is 4.74 Å². The zero-order valence-electron chi connectivity index (χ0n) is 32.3. The van der Waals surface area contributed by atoms with Crippen LogP contribution in [0.3, 0.4) is 0 Å². The van der Waals surface area contributed by atoms with Gasteiger partial charge in [-0.15, -0.1) is 0 Å². The second kappa shape index (κ2) is 12.6. The highest BCUT2D eigenvalue weighted by Gasteiger charge is 2.57.